The molecule has 39 heavy (non-hydrogen) atoms. The molecule has 1 amide bonds. The Morgan fingerprint density at radius 2 is 1.87 bits per heavy atom. The summed E-state index contributed by atoms with van der Waals surface area (Å²) in [6.07, 6.45) is 3.87. The third-order valence-corrected chi connectivity index (χ3v) is 8.06. The molecular weight excluding hydrogens is 534 g/mol. The van der Waals surface area contributed by atoms with E-state index in [1.54, 1.807) is 10.9 Å². The topological polar surface area (TPSA) is 106 Å². The van der Waals surface area contributed by atoms with Crippen molar-refractivity contribution in [2.45, 2.75) is 64.0 Å². The number of carbonyl (C=O) groups excluding carboxylic acids is 1. The number of halogens is 3. The highest BCUT2D eigenvalue weighted by Crippen LogP contribution is 2.40. The smallest absolute Gasteiger partial charge is 0.387 e. The molecule has 2 aliphatic rings. The molecule has 4 rings (SSSR count). The van der Waals surface area contributed by atoms with Crippen molar-refractivity contribution in [1.29, 1.82) is 0 Å². The van der Waals surface area contributed by atoms with Crippen LogP contribution in [0.5, 0.6) is 5.75 Å². The maximum Gasteiger partial charge on any atom is 0.387 e. The summed E-state index contributed by atoms with van der Waals surface area (Å²) in [5.41, 5.74) is -0.499. The first-order valence-electron chi connectivity index (χ1n) is 13.2. The van der Waals surface area contributed by atoms with Gasteiger partial charge in [-0.15, -0.1) is 0 Å². The second kappa shape index (κ2) is 12.2. The van der Waals surface area contributed by atoms with Gasteiger partial charge in [-0.3, -0.25) is 14.3 Å². The molecule has 2 aliphatic heterocycles. The minimum atomic E-state index is -3.08. The van der Waals surface area contributed by atoms with Crippen LogP contribution in [0.2, 0.25) is 5.02 Å². The summed E-state index contributed by atoms with van der Waals surface area (Å²) in [5, 5.41) is 17.1. The summed E-state index contributed by atoms with van der Waals surface area (Å²) in [6.45, 7) is 3.68. The van der Waals surface area contributed by atoms with Gasteiger partial charge in [-0.1, -0.05) is 25.4 Å². The van der Waals surface area contributed by atoms with Crippen molar-refractivity contribution in [1.82, 2.24) is 14.7 Å². The van der Waals surface area contributed by atoms with Gasteiger partial charge < -0.3 is 24.8 Å². The molecule has 0 radical (unpaired) electrons. The number of amides is 1. The SMILES string of the molecule is CC(C)c1ccnn1C1(C(=O)Nc2ccc(Cl)cc2OC(F)F)CCN(CC2(CC(=O)O)CCOCC2)CC1. The molecule has 12 heteroatoms. The number of likely N-dealkylation sites (tertiary alicyclic amines) is 1. The van der Waals surface area contributed by atoms with E-state index in [-0.39, 0.29) is 40.1 Å². The molecule has 9 nitrogen and oxygen atoms in total. The van der Waals surface area contributed by atoms with Crippen molar-refractivity contribution < 1.29 is 33.0 Å². The number of nitrogens with one attached hydrogen (secondary N) is 1. The first-order valence-corrected chi connectivity index (χ1v) is 13.5. The summed E-state index contributed by atoms with van der Waals surface area (Å²) in [6, 6.07) is 6.05. The Bertz CT molecular complexity index is 1160. The lowest BCUT2D eigenvalue weighted by Gasteiger charge is -2.46. The summed E-state index contributed by atoms with van der Waals surface area (Å²) >= 11 is 5.99. The van der Waals surface area contributed by atoms with Gasteiger partial charge in [0.1, 0.15) is 5.54 Å². The van der Waals surface area contributed by atoms with Gasteiger partial charge in [0.05, 0.1) is 12.1 Å². The first kappa shape index (κ1) is 29.2. The van der Waals surface area contributed by atoms with E-state index >= 15 is 0 Å². The molecule has 2 N–H and O–H groups in total. The number of ether oxygens (including phenoxy) is 2. The molecule has 2 aromatic rings. The highest BCUT2D eigenvalue weighted by molar-refractivity contribution is 6.30. The van der Waals surface area contributed by atoms with Crippen LogP contribution in [-0.2, 0) is 19.9 Å². The van der Waals surface area contributed by atoms with Crippen LogP contribution in [0.1, 0.15) is 57.6 Å². The Labute approximate surface area is 231 Å². The quantitative estimate of drug-likeness (QED) is 0.417. The zero-order chi connectivity index (χ0) is 28.2. The molecular formula is C27H35ClF2N4O5. The molecule has 0 unspecified atom stereocenters. The predicted molar refractivity (Wildman–Crippen MR) is 141 cm³/mol. The van der Waals surface area contributed by atoms with E-state index in [1.165, 1.54) is 18.2 Å². The standard InChI is InChI=1S/C27H35ClF2N4O5/c1-18(2)21-5-10-31-34(21)27(24(37)32-20-4-3-19(28)15-22(20)39-25(29)30)6-11-33(12-7-27)17-26(16-23(35)36)8-13-38-14-9-26/h3-5,10,15,18,25H,6-9,11-14,16-17H2,1-2H3,(H,32,37)(H,35,36). The number of hydrogen-bond acceptors (Lipinski definition) is 6. The average molecular weight is 569 g/mol. The lowest BCUT2D eigenvalue weighted by molar-refractivity contribution is -0.142. The maximum absolute atomic E-state index is 14.0. The van der Waals surface area contributed by atoms with Crippen molar-refractivity contribution in [3.05, 3.63) is 41.2 Å². The average Bonchev–Trinajstić information content (AvgIpc) is 3.37. The van der Waals surface area contributed by atoms with Gasteiger partial charge >= 0.3 is 12.6 Å². The fourth-order valence-electron chi connectivity index (χ4n) is 5.75. The number of carboxylic acids is 1. The third-order valence-electron chi connectivity index (χ3n) is 7.82. The molecule has 0 spiro atoms. The van der Waals surface area contributed by atoms with Crippen molar-refractivity contribution in [2.24, 2.45) is 5.41 Å². The van der Waals surface area contributed by atoms with E-state index in [9.17, 15) is 23.5 Å². The number of carbonyl (C=O) groups is 2. The minimum absolute atomic E-state index is 0.0681. The normalized spacial score (nSPS) is 19.3. The van der Waals surface area contributed by atoms with Gasteiger partial charge in [-0.25, -0.2) is 0 Å². The zero-order valence-corrected chi connectivity index (χ0v) is 22.9. The van der Waals surface area contributed by atoms with Gasteiger partial charge in [0.15, 0.2) is 5.75 Å². The Hall–Kier alpha value is -2.76. The number of hydrogen-bond donors (Lipinski definition) is 2. The number of nitrogens with zero attached hydrogens (tertiary/aromatic N) is 3. The van der Waals surface area contributed by atoms with E-state index < -0.39 is 18.1 Å². The summed E-state index contributed by atoms with van der Waals surface area (Å²) in [4.78, 5) is 27.9. The van der Waals surface area contributed by atoms with E-state index in [2.05, 4.69) is 20.1 Å². The number of anilines is 1. The van der Waals surface area contributed by atoms with E-state index in [4.69, 9.17) is 16.3 Å². The summed E-state index contributed by atoms with van der Waals surface area (Å²) in [5.74, 6) is -1.35. The maximum atomic E-state index is 14.0. The molecule has 3 heterocycles. The number of piperidine rings is 1. The van der Waals surface area contributed by atoms with Crippen LogP contribution in [-0.4, -0.2) is 71.1 Å². The van der Waals surface area contributed by atoms with E-state index in [1.807, 2.05) is 19.9 Å². The van der Waals surface area contributed by atoms with Gasteiger partial charge in [-0.2, -0.15) is 13.9 Å². The van der Waals surface area contributed by atoms with Crippen molar-refractivity contribution >= 4 is 29.2 Å². The van der Waals surface area contributed by atoms with Crippen LogP contribution in [0.15, 0.2) is 30.5 Å². The van der Waals surface area contributed by atoms with E-state index in [0.29, 0.717) is 58.5 Å². The van der Waals surface area contributed by atoms with Crippen LogP contribution in [0, 0.1) is 5.41 Å². The molecule has 2 fully saturated rings. The summed E-state index contributed by atoms with van der Waals surface area (Å²) < 4.78 is 38.0. The Morgan fingerprint density at radius 3 is 2.49 bits per heavy atom. The summed E-state index contributed by atoms with van der Waals surface area (Å²) in [7, 11) is 0. The number of carboxylic acid groups (broad SMARTS) is 1. The number of alkyl halides is 2. The van der Waals surface area contributed by atoms with Crippen LogP contribution >= 0.6 is 11.6 Å². The minimum Gasteiger partial charge on any atom is -0.481 e. The third kappa shape index (κ3) is 6.70. The van der Waals surface area contributed by atoms with Crippen LogP contribution in [0.4, 0.5) is 14.5 Å². The van der Waals surface area contributed by atoms with Crippen LogP contribution in [0.25, 0.3) is 0 Å². The zero-order valence-electron chi connectivity index (χ0n) is 22.2. The van der Waals surface area contributed by atoms with Crippen LogP contribution < -0.4 is 10.1 Å². The van der Waals surface area contributed by atoms with Gasteiger partial charge in [0.2, 0.25) is 0 Å². The second-order valence-corrected chi connectivity index (χ2v) is 11.2. The fraction of sp³-hybridized carbons (Fsp3) is 0.593. The molecule has 1 aromatic carbocycles. The van der Waals surface area contributed by atoms with E-state index in [0.717, 1.165) is 5.69 Å². The van der Waals surface area contributed by atoms with Crippen LogP contribution in [0.3, 0.4) is 0 Å². The first-order chi connectivity index (χ1) is 18.5. The predicted octanol–water partition coefficient (Wildman–Crippen LogP) is 4.96. The lowest BCUT2D eigenvalue weighted by Crippen LogP contribution is -2.56. The number of benzene rings is 1. The Morgan fingerprint density at radius 1 is 1.18 bits per heavy atom. The van der Waals surface area contributed by atoms with Gasteiger partial charge in [-0.05, 0) is 55.2 Å². The Balaban J connectivity index is 1.60. The molecule has 0 bridgehead atoms. The second-order valence-electron chi connectivity index (χ2n) is 10.8. The highest BCUT2D eigenvalue weighted by atomic mass is 35.5. The van der Waals surface area contributed by atoms with Gasteiger partial charge in [0.25, 0.3) is 5.91 Å². The number of rotatable bonds is 10. The lowest BCUT2D eigenvalue weighted by atomic mass is 9.76. The molecule has 214 valence electrons. The number of aliphatic carboxylic acids is 1. The monoisotopic (exact) mass is 568 g/mol. The highest BCUT2D eigenvalue weighted by Gasteiger charge is 2.47. The Kier molecular flexibility index (Phi) is 9.13. The van der Waals surface area contributed by atoms with Crippen molar-refractivity contribution in [2.75, 3.05) is 38.2 Å². The molecule has 0 aliphatic carbocycles. The number of aromatic nitrogens is 2. The van der Waals surface area contributed by atoms with Crippen molar-refractivity contribution in [3.63, 3.8) is 0 Å². The molecule has 0 saturated carbocycles. The molecule has 2 saturated heterocycles. The largest absolute Gasteiger partial charge is 0.481 e. The van der Waals surface area contributed by atoms with Crippen molar-refractivity contribution in [3.8, 4) is 5.75 Å². The molecule has 0 atom stereocenters. The fourth-order valence-corrected chi connectivity index (χ4v) is 5.91. The van der Waals surface area contributed by atoms with Gasteiger partial charge in [0, 0.05) is 55.8 Å². The molecule has 1 aromatic heterocycles.